The van der Waals surface area contributed by atoms with Gasteiger partial charge >= 0.3 is 12.1 Å². The van der Waals surface area contributed by atoms with E-state index in [1.807, 2.05) is 6.92 Å². The topological polar surface area (TPSA) is 154 Å². The first-order valence-corrected chi connectivity index (χ1v) is 15.8. The molecule has 0 saturated heterocycles. The summed E-state index contributed by atoms with van der Waals surface area (Å²) in [4.78, 5) is 55.3. The van der Waals surface area contributed by atoms with E-state index in [2.05, 4.69) is 24.5 Å². The average molecular weight is 642 g/mol. The van der Waals surface area contributed by atoms with Gasteiger partial charge in [0, 0.05) is 24.6 Å². The van der Waals surface area contributed by atoms with Crippen LogP contribution in [0.4, 0.5) is 4.79 Å². The van der Waals surface area contributed by atoms with Crippen molar-refractivity contribution < 1.29 is 38.9 Å². The smallest absolute Gasteiger partial charge is 0.408 e. The van der Waals surface area contributed by atoms with Crippen molar-refractivity contribution in [2.24, 2.45) is 5.92 Å². The number of aryl methyl sites for hydroxylation is 1. The minimum Gasteiger partial charge on any atom is -0.508 e. The number of rotatable bonds is 15. The molecular weight excluding hydrogens is 590 g/mol. The van der Waals surface area contributed by atoms with Crippen molar-refractivity contribution in [2.45, 2.75) is 105 Å². The molecule has 2 aromatic rings. The maximum atomic E-state index is 14.8. The lowest BCUT2D eigenvalue weighted by atomic mass is 9.94. The van der Waals surface area contributed by atoms with Gasteiger partial charge in [0.2, 0.25) is 11.8 Å². The molecule has 0 saturated carbocycles. The number of carbonyl (C=O) groups is 4. The van der Waals surface area contributed by atoms with Gasteiger partial charge in [-0.3, -0.25) is 14.4 Å². The van der Waals surface area contributed by atoms with Crippen molar-refractivity contribution in [1.82, 2.24) is 15.5 Å². The minimum atomic E-state index is -1.31. The number of benzene rings is 2. The maximum absolute atomic E-state index is 14.8. The molecule has 11 heteroatoms. The van der Waals surface area contributed by atoms with Crippen molar-refractivity contribution in [3.05, 3.63) is 59.2 Å². The molecule has 0 heterocycles. The molecule has 2 rings (SSSR count). The fourth-order valence-corrected chi connectivity index (χ4v) is 4.95. The van der Waals surface area contributed by atoms with Gasteiger partial charge < -0.3 is 35.2 Å². The highest BCUT2D eigenvalue weighted by Crippen LogP contribution is 2.34. The summed E-state index contributed by atoms with van der Waals surface area (Å²) < 4.78 is 10.5. The van der Waals surface area contributed by atoms with Crippen LogP contribution < -0.4 is 10.6 Å². The van der Waals surface area contributed by atoms with Crippen LogP contribution in [-0.2, 0) is 30.3 Å². The zero-order valence-electron chi connectivity index (χ0n) is 28.4. The summed E-state index contributed by atoms with van der Waals surface area (Å²) in [7, 11) is 0. The predicted molar refractivity (Wildman–Crippen MR) is 175 cm³/mol. The number of ether oxygens (including phenoxy) is 2. The Bertz CT molecular complexity index is 1320. The van der Waals surface area contributed by atoms with Gasteiger partial charge in [-0.2, -0.15) is 0 Å². The molecule has 3 unspecified atom stereocenters. The van der Waals surface area contributed by atoms with E-state index in [-0.39, 0.29) is 43.1 Å². The van der Waals surface area contributed by atoms with Crippen LogP contribution in [0.3, 0.4) is 0 Å². The number of alkyl carbamates (subject to hydrolysis) is 1. The van der Waals surface area contributed by atoms with Crippen molar-refractivity contribution in [3.63, 3.8) is 0 Å². The number of aromatic hydroxyl groups is 2. The molecule has 3 amide bonds. The van der Waals surface area contributed by atoms with Gasteiger partial charge in [0.05, 0.1) is 13.0 Å². The summed E-state index contributed by atoms with van der Waals surface area (Å²) in [6.45, 7) is 14.6. The lowest BCUT2D eigenvalue weighted by molar-refractivity contribution is -0.146. The SMILES string of the molecule is CCOC(=O)CCNC(=O)C(c1cccc(C)c1O)N(C(=O)C(Cc1ccc(O)cc1)NC(=O)OC(C)(C)C)C(C)CCC(C)C. The number of phenolic OH excluding ortho intramolecular Hbond substituents is 2. The molecule has 0 spiro atoms. The lowest BCUT2D eigenvalue weighted by Gasteiger charge is -2.39. The Morgan fingerprint density at radius 2 is 1.61 bits per heavy atom. The fourth-order valence-electron chi connectivity index (χ4n) is 4.95. The Labute approximate surface area is 272 Å². The maximum Gasteiger partial charge on any atom is 0.408 e. The van der Waals surface area contributed by atoms with Gasteiger partial charge in [0.25, 0.3) is 0 Å². The van der Waals surface area contributed by atoms with Gasteiger partial charge in [-0.25, -0.2) is 4.79 Å². The quantitative estimate of drug-likeness (QED) is 0.191. The first-order chi connectivity index (χ1) is 21.5. The number of carbonyl (C=O) groups excluding carboxylic acids is 4. The summed E-state index contributed by atoms with van der Waals surface area (Å²) in [6.07, 6.45) is 0.411. The molecule has 46 heavy (non-hydrogen) atoms. The second-order valence-corrected chi connectivity index (χ2v) is 12.9. The molecule has 0 aliphatic heterocycles. The highest BCUT2D eigenvalue weighted by Gasteiger charge is 2.40. The van der Waals surface area contributed by atoms with Crippen LogP contribution in [0.1, 0.15) is 90.5 Å². The molecule has 0 aliphatic rings. The van der Waals surface area contributed by atoms with Gasteiger partial charge in [0.1, 0.15) is 29.2 Å². The molecule has 0 fully saturated rings. The van der Waals surface area contributed by atoms with E-state index in [1.165, 1.54) is 17.0 Å². The summed E-state index contributed by atoms with van der Waals surface area (Å²) >= 11 is 0. The van der Waals surface area contributed by atoms with Crippen molar-refractivity contribution in [1.29, 1.82) is 0 Å². The third-order valence-corrected chi connectivity index (χ3v) is 7.28. The predicted octanol–water partition coefficient (Wildman–Crippen LogP) is 5.31. The number of esters is 1. The van der Waals surface area contributed by atoms with Crippen LogP contribution in [0, 0.1) is 12.8 Å². The van der Waals surface area contributed by atoms with Gasteiger partial charge in [0.15, 0.2) is 0 Å². The summed E-state index contributed by atoms with van der Waals surface area (Å²) in [6, 6.07) is 8.23. The van der Waals surface area contributed by atoms with E-state index in [1.54, 1.807) is 65.0 Å². The molecule has 254 valence electrons. The number of hydrogen-bond acceptors (Lipinski definition) is 8. The third-order valence-electron chi connectivity index (χ3n) is 7.28. The molecule has 2 aromatic carbocycles. The number of phenols is 2. The van der Waals surface area contributed by atoms with Crippen molar-refractivity contribution in [3.8, 4) is 11.5 Å². The van der Waals surface area contributed by atoms with Crippen LogP contribution in [0.15, 0.2) is 42.5 Å². The number of para-hydroxylation sites is 1. The van der Waals surface area contributed by atoms with Crippen LogP contribution in [-0.4, -0.2) is 69.8 Å². The zero-order valence-corrected chi connectivity index (χ0v) is 28.4. The average Bonchev–Trinajstić information content (AvgIpc) is 2.96. The largest absolute Gasteiger partial charge is 0.508 e. The van der Waals surface area contributed by atoms with E-state index in [0.717, 1.165) is 6.42 Å². The number of nitrogens with zero attached hydrogens (tertiary/aromatic N) is 1. The monoisotopic (exact) mass is 641 g/mol. The highest BCUT2D eigenvalue weighted by atomic mass is 16.6. The van der Waals surface area contributed by atoms with Crippen molar-refractivity contribution in [2.75, 3.05) is 13.2 Å². The molecule has 11 nitrogen and oxygen atoms in total. The van der Waals surface area contributed by atoms with Gasteiger partial charge in [-0.1, -0.05) is 44.2 Å². The number of amides is 3. The Kier molecular flexibility index (Phi) is 14.4. The van der Waals surface area contributed by atoms with E-state index in [4.69, 9.17) is 9.47 Å². The zero-order chi connectivity index (χ0) is 34.6. The molecule has 0 bridgehead atoms. The molecule has 0 radical (unpaired) electrons. The van der Waals surface area contributed by atoms with Gasteiger partial charge in [-0.05, 0) is 83.6 Å². The van der Waals surface area contributed by atoms with Crippen LogP contribution >= 0.6 is 0 Å². The Hall–Kier alpha value is -4.28. The van der Waals surface area contributed by atoms with Crippen LogP contribution in [0.5, 0.6) is 11.5 Å². The van der Waals surface area contributed by atoms with E-state index >= 15 is 0 Å². The summed E-state index contributed by atoms with van der Waals surface area (Å²) in [5, 5.41) is 26.5. The van der Waals surface area contributed by atoms with Crippen molar-refractivity contribution >= 4 is 23.9 Å². The third kappa shape index (κ3) is 11.9. The number of nitrogens with one attached hydrogen (secondary N) is 2. The molecule has 4 N–H and O–H groups in total. The summed E-state index contributed by atoms with van der Waals surface area (Å²) in [5.74, 6) is -1.44. The minimum absolute atomic E-state index is 0.0305. The van der Waals surface area contributed by atoms with E-state index in [9.17, 15) is 29.4 Å². The molecule has 0 aliphatic carbocycles. The Balaban J connectivity index is 2.67. The molecule has 3 atom stereocenters. The molecular formula is C35H51N3O8. The Morgan fingerprint density at radius 1 is 0.957 bits per heavy atom. The van der Waals surface area contributed by atoms with Gasteiger partial charge in [-0.15, -0.1) is 0 Å². The summed E-state index contributed by atoms with van der Waals surface area (Å²) in [5.41, 5.74) is 0.529. The normalized spacial score (nSPS) is 13.3. The fraction of sp³-hybridized carbons (Fsp3) is 0.543. The first kappa shape index (κ1) is 37.9. The number of hydrogen-bond donors (Lipinski definition) is 4. The highest BCUT2D eigenvalue weighted by molar-refractivity contribution is 5.93. The lowest BCUT2D eigenvalue weighted by Crippen LogP contribution is -2.56. The molecule has 0 aromatic heterocycles. The second-order valence-electron chi connectivity index (χ2n) is 12.9. The van der Waals surface area contributed by atoms with E-state index < -0.39 is 47.6 Å². The second kappa shape index (κ2) is 17.4. The Morgan fingerprint density at radius 3 is 2.20 bits per heavy atom. The first-order valence-electron chi connectivity index (χ1n) is 15.8. The van der Waals surface area contributed by atoms with Crippen LogP contribution in [0.25, 0.3) is 0 Å². The van der Waals surface area contributed by atoms with E-state index in [0.29, 0.717) is 23.5 Å². The van der Waals surface area contributed by atoms with Crippen LogP contribution in [0.2, 0.25) is 0 Å². The standard InChI is InChI=1S/C35H51N3O8/c1-9-45-29(40)19-20-36-32(42)30(27-12-10-11-23(4)31(27)41)38(24(5)14-13-22(2)3)33(43)28(37-34(44)46-35(6,7)8)21-25-15-17-26(39)18-16-25/h10-12,15-18,22,24,28,30,39,41H,9,13-14,19-21H2,1-8H3,(H,36,42)(H,37,44).